The number of hydrogen-bond acceptors (Lipinski definition) is 5. The van der Waals surface area contributed by atoms with Gasteiger partial charge in [-0.25, -0.2) is 17.2 Å². The van der Waals surface area contributed by atoms with Gasteiger partial charge in [0.1, 0.15) is 0 Å². The third-order valence-electron chi connectivity index (χ3n) is 4.65. The van der Waals surface area contributed by atoms with Crippen molar-refractivity contribution in [2.24, 2.45) is 0 Å². The molecule has 3 aromatic rings. The van der Waals surface area contributed by atoms with Gasteiger partial charge in [0.25, 0.3) is 0 Å². The van der Waals surface area contributed by atoms with Crippen LogP contribution in [-0.4, -0.2) is 37.8 Å². The Balaban J connectivity index is 0.000000945. The molecule has 0 bridgehead atoms. The van der Waals surface area contributed by atoms with Gasteiger partial charge in [0.05, 0.1) is 26.0 Å². The highest BCUT2D eigenvalue weighted by molar-refractivity contribution is 7.90. The van der Waals surface area contributed by atoms with Gasteiger partial charge in [-0.1, -0.05) is 60.2 Å². The maximum absolute atomic E-state index is 13.1. The molecule has 0 N–H and O–H groups in total. The van der Waals surface area contributed by atoms with Gasteiger partial charge in [0, 0.05) is 28.1 Å². The summed E-state index contributed by atoms with van der Waals surface area (Å²) in [7, 11) is -3.94. The molecule has 0 aliphatic heterocycles. The Morgan fingerprint density at radius 3 is 2.32 bits per heavy atom. The van der Waals surface area contributed by atoms with E-state index in [0.29, 0.717) is 21.2 Å². The summed E-state index contributed by atoms with van der Waals surface area (Å²) in [6, 6.07) is 14.1. The smallest absolute Gasteiger partial charge is 0.356 e. The van der Waals surface area contributed by atoms with Crippen molar-refractivity contribution in [1.82, 2.24) is 3.97 Å². The van der Waals surface area contributed by atoms with Crippen LogP contribution in [0.1, 0.15) is 31.3 Å². The maximum Gasteiger partial charge on any atom is 0.356 e. The average Bonchev–Trinajstić information content (AvgIpc) is 3.16. The quantitative estimate of drug-likeness (QED) is 0.225. The lowest BCUT2D eigenvalue weighted by Gasteiger charge is -2.17. The second-order valence-corrected chi connectivity index (χ2v) is 11.1. The predicted molar refractivity (Wildman–Crippen MR) is 142 cm³/mol. The number of esters is 1. The standard InChI is InChI=1S/C21H21ClNO5PS.C4H8/c1-4-13-30(25,26)23-18-12-11-15(22)14-17(18)20(19(23)21(24)28-5-2)29(27-3)16-9-7-6-8-10-16;1-3-4-2/h4,6-12,14H,1,5,13H2,2-3H3;3-4H,1-2H3/b;4-3-. The molecule has 3 rings (SSSR count). The number of halogens is 1. The zero-order valence-electron chi connectivity index (χ0n) is 19.7. The molecule has 34 heavy (non-hydrogen) atoms. The minimum atomic E-state index is -3.94. The van der Waals surface area contributed by atoms with E-state index in [1.807, 2.05) is 56.3 Å². The third kappa shape index (κ3) is 6.16. The van der Waals surface area contributed by atoms with Crippen molar-refractivity contribution in [3.8, 4) is 0 Å². The van der Waals surface area contributed by atoms with Crippen molar-refractivity contribution >= 4 is 57.3 Å². The summed E-state index contributed by atoms with van der Waals surface area (Å²) >= 11 is 6.24. The van der Waals surface area contributed by atoms with E-state index >= 15 is 0 Å². The highest BCUT2D eigenvalue weighted by Crippen LogP contribution is 2.40. The van der Waals surface area contributed by atoms with Crippen molar-refractivity contribution in [2.75, 3.05) is 19.5 Å². The molecule has 0 saturated carbocycles. The van der Waals surface area contributed by atoms with Gasteiger partial charge in [-0.05, 0) is 39.0 Å². The van der Waals surface area contributed by atoms with E-state index in [4.69, 9.17) is 20.9 Å². The van der Waals surface area contributed by atoms with Gasteiger partial charge in [-0.15, -0.1) is 6.58 Å². The minimum absolute atomic E-state index is 0.0761. The van der Waals surface area contributed by atoms with Crippen LogP contribution in [0.25, 0.3) is 10.9 Å². The molecular formula is C25H29ClNO5PS. The summed E-state index contributed by atoms with van der Waals surface area (Å²) in [5.41, 5.74) is 0.257. The summed E-state index contributed by atoms with van der Waals surface area (Å²) in [4.78, 5) is 13.0. The van der Waals surface area contributed by atoms with E-state index in [1.165, 1.54) is 13.2 Å². The number of ether oxygens (including phenoxy) is 1. The molecule has 0 radical (unpaired) electrons. The third-order valence-corrected chi connectivity index (χ3v) is 8.46. The lowest BCUT2D eigenvalue weighted by molar-refractivity contribution is 0.0520. The Kier molecular flexibility index (Phi) is 10.5. The average molecular weight is 522 g/mol. The molecular weight excluding hydrogens is 493 g/mol. The number of carbonyl (C=O) groups excluding carboxylic acids is 1. The molecule has 2 aromatic carbocycles. The molecule has 182 valence electrons. The summed E-state index contributed by atoms with van der Waals surface area (Å²) in [5, 5.41) is 2.20. The molecule has 1 unspecified atom stereocenters. The lowest BCUT2D eigenvalue weighted by Crippen LogP contribution is -2.27. The number of benzene rings is 2. The first-order chi connectivity index (χ1) is 16.3. The van der Waals surface area contributed by atoms with Crippen LogP contribution in [0.15, 0.2) is 73.3 Å². The van der Waals surface area contributed by atoms with E-state index in [2.05, 4.69) is 6.58 Å². The summed E-state index contributed by atoms with van der Waals surface area (Å²) in [6.45, 7) is 9.29. The van der Waals surface area contributed by atoms with Crippen LogP contribution in [-0.2, 0) is 19.3 Å². The zero-order valence-corrected chi connectivity index (χ0v) is 22.2. The van der Waals surface area contributed by atoms with Crippen LogP contribution < -0.4 is 10.6 Å². The Labute approximate surface area is 207 Å². The van der Waals surface area contributed by atoms with E-state index in [0.717, 1.165) is 9.28 Å². The fraction of sp³-hybridized carbons (Fsp3) is 0.240. The van der Waals surface area contributed by atoms with Gasteiger partial charge < -0.3 is 9.26 Å². The number of nitrogens with zero attached hydrogens (tertiary/aromatic N) is 1. The number of carbonyl (C=O) groups is 1. The van der Waals surface area contributed by atoms with Gasteiger partial charge in [-0.3, -0.25) is 0 Å². The number of rotatable bonds is 8. The highest BCUT2D eigenvalue weighted by atomic mass is 35.5. The Bertz CT molecular complexity index is 1270. The SMILES string of the molecule is C/C=C\C.C=CCS(=O)(=O)n1c(C(=O)OCC)c(P(OC)c2ccccc2)c2cc(Cl)ccc21. The maximum atomic E-state index is 13.1. The van der Waals surface area contributed by atoms with Crippen LogP contribution in [0.5, 0.6) is 0 Å². The lowest BCUT2D eigenvalue weighted by atomic mass is 10.2. The molecule has 1 aromatic heterocycles. The molecule has 1 atom stereocenters. The molecule has 9 heteroatoms. The monoisotopic (exact) mass is 521 g/mol. The van der Waals surface area contributed by atoms with Crippen molar-refractivity contribution in [3.05, 3.63) is 84.1 Å². The number of allylic oxidation sites excluding steroid dienone is 2. The van der Waals surface area contributed by atoms with Crippen molar-refractivity contribution in [3.63, 3.8) is 0 Å². The van der Waals surface area contributed by atoms with Gasteiger partial charge >= 0.3 is 5.97 Å². The van der Waals surface area contributed by atoms with Crippen LogP contribution in [0.2, 0.25) is 5.02 Å². The number of aromatic nitrogens is 1. The summed E-state index contributed by atoms with van der Waals surface area (Å²) in [6.07, 6.45) is 5.28. The molecule has 0 fully saturated rings. The first kappa shape index (κ1) is 27.8. The molecule has 1 heterocycles. The first-order valence-electron chi connectivity index (χ1n) is 10.6. The van der Waals surface area contributed by atoms with Gasteiger partial charge in [0.2, 0.25) is 10.0 Å². The fourth-order valence-electron chi connectivity index (χ4n) is 3.21. The largest absolute Gasteiger partial charge is 0.461 e. The number of hydrogen-bond donors (Lipinski definition) is 0. The van der Waals surface area contributed by atoms with Crippen LogP contribution >= 0.6 is 19.7 Å². The highest BCUT2D eigenvalue weighted by Gasteiger charge is 2.34. The normalized spacial score (nSPS) is 12.3. The molecule has 6 nitrogen and oxygen atoms in total. The minimum Gasteiger partial charge on any atom is -0.461 e. The first-order valence-corrected chi connectivity index (χ1v) is 13.8. The molecule has 0 spiro atoms. The molecule has 0 amide bonds. The van der Waals surface area contributed by atoms with Crippen molar-refractivity contribution in [1.29, 1.82) is 0 Å². The van der Waals surface area contributed by atoms with E-state index in [9.17, 15) is 13.2 Å². The summed E-state index contributed by atoms with van der Waals surface area (Å²) < 4.78 is 38.4. The Hall–Kier alpha value is -2.44. The number of fused-ring (bicyclic) bond motifs is 1. The topological polar surface area (TPSA) is 74.6 Å². The van der Waals surface area contributed by atoms with Crippen molar-refractivity contribution in [2.45, 2.75) is 20.8 Å². The molecule has 0 aliphatic rings. The van der Waals surface area contributed by atoms with E-state index in [1.54, 1.807) is 25.1 Å². The molecule has 0 saturated heterocycles. The van der Waals surface area contributed by atoms with E-state index < -0.39 is 24.1 Å². The Morgan fingerprint density at radius 1 is 1.15 bits per heavy atom. The second kappa shape index (κ2) is 12.9. The second-order valence-electron chi connectivity index (χ2n) is 6.89. The Morgan fingerprint density at radius 2 is 1.79 bits per heavy atom. The van der Waals surface area contributed by atoms with Crippen LogP contribution in [0.4, 0.5) is 0 Å². The van der Waals surface area contributed by atoms with Crippen LogP contribution in [0, 0.1) is 0 Å². The van der Waals surface area contributed by atoms with E-state index in [-0.39, 0.29) is 18.1 Å². The van der Waals surface area contributed by atoms with Crippen LogP contribution in [0.3, 0.4) is 0 Å². The van der Waals surface area contributed by atoms with Gasteiger partial charge in [-0.2, -0.15) is 0 Å². The van der Waals surface area contributed by atoms with Crippen molar-refractivity contribution < 1.29 is 22.5 Å². The zero-order chi connectivity index (χ0) is 25.3. The fourth-order valence-corrected chi connectivity index (χ4v) is 6.67. The predicted octanol–water partition coefficient (Wildman–Crippen LogP) is 5.41. The summed E-state index contributed by atoms with van der Waals surface area (Å²) in [5.74, 6) is -1.09. The molecule has 0 aliphatic carbocycles. The van der Waals surface area contributed by atoms with Gasteiger partial charge in [0.15, 0.2) is 5.69 Å².